The van der Waals surface area contributed by atoms with Gasteiger partial charge in [-0.15, -0.1) is 0 Å². The molecule has 0 N–H and O–H groups in total. The molecule has 0 aromatic heterocycles. The third kappa shape index (κ3) is 3.70. The zero-order valence-corrected chi connectivity index (χ0v) is 13.6. The van der Waals surface area contributed by atoms with E-state index >= 15 is 0 Å². The second kappa shape index (κ2) is 5.37. The molecule has 0 bridgehead atoms. The molecule has 0 amide bonds. The zero-order chi connectivity index (χ0) is 16.1. The van der Waals surface area contributed by atoms with Gasteiger partial charge in [0.25, 0.3) is 0 Å². The normalized spacial score (nSPS) is 20.9. The van der Waals surface area contributed by atoms with Crippen LogP contribution < -0.4 is 5.46 Å². The van der Waals surface area contributed by atoms with E-state index in [0.29, 0.717) is 5.46 Å². The first-order valence-corrected chi connectivity index (χ1v) is 7.52. The van der Waals surface area contributed by atoms with Gasteiger partial charge in [-0.3, -0.25) is 0 Å². The van der Waals surface area contributed by atoms with Crippen molar-refractivity contribution in [2.75, 3.05) is 0 Å². The van der Waals surface area contributed by atoms with E-state index in [1.165, 1.54) is 18.2 Å². The number of hydrogen-bond acceptors (Lipinski definition) is 3. The van der Waals surface area contributed by atoms with Crippen LogP contribution in [0, 0.1) is 0 Å². The Bertz CT molecular complexity index is 533. The van der Waals surface area contributed by atoms with E-state index in [9.17, 15) is 13.2 Å². The summed E-state index contributed by atoms with van der Waals surface area (Å²) in [6.45, 7) is 7.39. The largest absolute Gasteiger partial charge is 0.495 e. The summed E-state index contributed by atoms with van der Waals surface area (Å²) in [7, 11) is -0.850. The number of thioether (sulfide) groups is 1. The molecule has 2 rings (SSSR count). The Balaban J connectivity index is 2.37. The summed E-state index contributed by atoms with van der Waals surface area (Å²) in [4.78, 5) is -0.00602. The van der Waals surface area contributed by atoms with Gasteiger partial charge in [-0.05, 0) is 57.1 Å². The lowest BCUT2D eigenvalue weighted by Gasteiger charge is -2.32. The minimum absolute atomic E-state index is 0.00602. The highest BCUT2D eigenvalue weighted by molar-refractivity contribution is 8.00. The molecule has 1 heterocycles. The third-order valence-corrected chi connectivity index (χ3v) is 4.75. The van der Waals surface area contributed by atoms with Crippen molar-refractivity contribution in [1.82, 2.24) is 0 Å². The Labute approximate surface area is 131 Å². The van der Waals surface area contributed by atoms with Gasteiger partial charge in [0.1, 0.15) is 0 Å². The van der Waals surface area contributed by atoms with Gasteiger partial charge in [0, 0.05) is 9.92 Å². The highest BCUT2D eigenvalue weighted by atomic mass is 35.5. The maximum absolute atomic E-state index is 12.7. The molecule has 0 spiro atoms. The number of halogens is 4. The fourth-order valence-corrected chi connectivity index (χ4v) is 2.84. The lowest BCUT2D eigenvalue weighted by atomic mass is 9.79. The quantitative estimate of drug-likeness (QED) is 0.593. The lowest BCUT2D eigenvalue weighted by molar-refractivity contribution is -0.0327. The average molecular weight is 339 g/mol. The molecule has 0 aliphatic carbocycles. The number of hydrogen-bond donors (Lipinski definition) is 0. The molecule has 1 aliphatic heterocycles. The zero-order valence-electron chi connectivity index (χ0n) is 12.0. The Kier molecular flexibility index (Phi) is 4.35. The van der Waals surface area contributed by atoms with Gasteiger partial charge in [0.15, 0.2) is 0 Å². The van der Waals surface area contributed by atoms with E-state index in [-0.39, 0.29) is 21.7 Å². The van der Waals surface area contributed by atoms with Gasteiger partial charge in [0.2, 0.25) is 0 Å². The Morgan fingerprint density at radius 3 is 2.10 bits per heavy atom. The summed E-state index contributed by atoms with van der Waals surface area (Å²) >= 11 is 5.59. The fourth-order valence-electron chi connectivity index (χ4n) is 1.89. The van der Waals surface area contributed by atoms with Gasteiger partial charge in [-0.2, -0.15) is 13.2 Å². The van der Waals surface area contributed by atoms with Crippen LogP contribution in [-0.2, 0) is 9.31 Å². The molecule has 2 nitrogen and oxygen atoms in total. The molecule has 0 radical (unpaired) electrons. The van der Waals surface area contributed by atoms with Gasteiger partial charge < -0.3 is 9.31 Å². The average Bonchev–Trinajstić information content (AvgIpc) is 2.45. The molecule has 1 saturated heterocycles. The van der Waals surface area contributed by atoms with Crippen molar-refractivity contribution < 1.29 is 22.5 Å². The van der Waals surface area contributed by atoms with Crippen molar-refractivity contribution in [3.05, 3.63) is 23.2 Å². The van der Waals surface area contributed by atoms with Gasteiger partial charge in [0.05, 0.1) is 11.2 Å². The molecule has 1 aromatic rings. The van der Waals surface area contributed by atoms with E-state index in [1.54, 1.807) is 0 Å². The SMILES string of the molecule is CC1(C)OB(c2ccc(Cl)cc2SC(F)(F)F)OC1(C)C. The monoisotopic (exact) mass is 338 g/mol. The summed E-state index contributed by atoms with van der Waals surface area (Å²) in [6.07, 6.45) is 0. The number of rotatable bonds is 2. The molecule has 1 aromatic carbocycles. The highest BCUT2D eigenvalue weighted by Gasteiger charge is 2.52. The minimum atomic E-state index is -4.40. The minimum Gasteiger partial charge on any atom is -0.399 e. The van der Waals surface area contributed by atoms with Crippen molar-refractivity contribution >= 4 is 35.9 Å². The Morgan fingerprint density at radius 2 is 1.62 bits per heavy atom. The van der Waals surface area contributed by atoms with Crippen LogP contribution in [0.4, 0.5) is 13.2 Å². The first kappa shape index (κ1) is 17.0. The van der Waals surface area contributed by atoms with Crippen LogP contribution in [0.25, 0.3) is 0 Å². The number of alkyl halides is 3. The molecule has 0 atom stereocenters. The smallest absolute Gasteiger partial charge is 0.399 e. The molecule has 0 saturated carbocycles. The first-order chi connectivity index (χ1) is 9.41. The summed E-state index contributed by atoms with van der Waals surface area (Å²) in [6, 6.07) is 4.32. The Morgan fingerprint density at radius 1 is 1.10 bits per heavy atom. The molecule has 0 unspecified atom stereocenters. The van der Waals surface area contributed by atoms with Crippen molar-refractivity contribution in [1.29, 1.82) is 0 Å². The predicted molar refractivity (Wildman–Crippen MR) is 79.1 cm³/mol. The van der Waals surface area contributed by atoms with Gasteiger partial charge >= 0.3 is 12.6 Å². The lowest BCUT2D eigenvalue weighted by Crippen LogP contribution is -2.41. The highest BCUT2D eigenvalue weighted by Crippen LogP contribution is 2.40. The Hall–Kier alpha value is -0.365. The summed E-state index contributed by atoms with van der Waals surface area (Å²) in [5.41, 5.74) is -5.29. The van der Waals surface area contributed by atoms with Crippen LogP contribution in [0.15, 0.2) is 23.1 Å². The summed E-state index contributed by atoms with van der Waals surface area (Å²) in [5, 5.41) is 0.238. The first-order valence-electron chi connectivity index (χ1n) is 6.32. The van der Waals surface area contributed by atoms with Crippen LogP contribution in [0.2, 0.25) is 5.02 Å². The fraction of sp³-hybridized carbons (Fsp3) is 0.538. The van der Waals surface area contributed by atoms with Crippen LogP contribution in [0.1, 0.15) is 27.7 Å². The third-order valence-electron chi connectivity index (χ3n) is 3.71. The van der Waals surface area contributed by atoms with Gasteiger partial charge in [-0.25, -0.2) is 0 Å². The van der Waals surface area contributed by atoms with E-state index in [1.807, 2.05) is 27.7 Å². The second-order valence-electron chi connectivity index (χ2n) is 5.82. The van der Waals surface area contributed by atoms with Crippen LogP contribution in [0.3, 0.4) is 0 Å². The van der Waals surface area contributed by atoms with Crippen LogP contribution >= 0.6 is 23.4 Å². The molecular formula is C13H15BClF3O2S. The molecule has 8 heteroatoms. The molecule has 1 aliphatic rings. The standard InChI is InChI=1S/C13H15BClF3O2S/c1-11(2)12(3,4)20-14(19-11)9-6-5-8(15)7-10(9)21-13(16,17)18/h5-7H,1-4H3. The van der Waals surface area contributed by atoms with Crippen LogP contribution in [-0.4, -0.2) is 23.8 Å². The topological polar surface area (TPSA) is 18.5 Å². The van der Waals surface area contributed by atoms with Crippen molar-refractivity contribution in [2.24, 2.45) is 0 Å². The predicted octanol–water partition coefficient (Wildman–Crippen LogP) is 4.25. The summed E-state index contributed by atoms with van der Waals surface area (Å²) < 4.78 is 49.6. The second-order valence-corrected chi connectivity index (χ2v) is 7.36. The van der Waals surface area contributed by atoms with Gasteiger partial charge in [-0.1, -0.05) is 17.7 Å². The maximum Gasteiger partial charge on any atom is 0.495 e. The summed E-state index contributed by atoms with van der Waals surface area (Å²) in [5.74, 6) is 0. The van der Waals surface area contributed by atoms with Crippen LogP contribution in [0.5, 0.6) is 0 Å². The van der Waals surface area contributed by atoms with E-state index in [4.69, 9.17) is 20.9 Å². The number of benzene rings is 1. The van der Waals surface area contributed by atoms with E-state index in [0.717, 1.165) is 0 Å². The molecule has 1 fully saturated rings. The maximum atomic E-state index is 12.7. The van der Waals surface area contributed by atoms with E-state index in [2.05, 4.69) is 0 Å². The van der Waals surface area contributed by atoms with Crippen molar-refractivity contribution in [3.8, 4) is 0 Å². The molecule has 116 valence electrons. The van der Waals surface area contributed by atoms with Crippen molar-refractivity contribution in [3.63, 3.8) is 0 Å². The molecule has 21 heavy (non-hydrogen) atoms. The van der Waals surface area contributed by atoms with E-state index < -0.39 is 23.8 Å². The van der Waals surface area contributed by atoms with Crippen molar-refractivity contribution in [2.45, 2.75) is 49.3 Å². The molecular weight excluding hydrogens is 323 g/mol.